The Hall–Kier alpha value is -1.56. The third kappa shape index (κ3) is 4.97. The molecule has 1 aliphatic rings. The number of methoxy groups -OCH3 is 2. The van der Waals surface area contributed by atoms with Crippen molar-refractivity contribution in [2.24, 2.45) is 0 Å². The van der Waals surface area contributed by atoms with Crippen molar-refractivity contribution in [3.8, 4) is 11.5 Å². The summed E-state index contributed by atoms with van der Waals surface area (Å²) in [6.07, 6.45) is 0. The average molecular weight is 405 g/mol. The first-order valence-electron chi connectivity index (χ1n) is 8.58. The molecule has 25 heavy (non-hydrogen) atoms. The van der Waals surface area contributed by atoms with Crippen molar-refractivity contribution in [3.05, 3.63) is 58.1 Å². The molecule has 1 aliphatic heterocycles. The van der Waals surface area contributed by atoms with Crippen LogP contribution in [0.3, 0.4) is 0 Å². The molecule has 5 heteroatoms. The molecule has 0 atom stereocenters. The van der Waals surface area contributed by atoms with Gasteiger partial charge in [-0.3, -0.25) is 9.80 Å². The maximum atomic E-state index is 5.30. The van der Waals surface area contributed by atoms with Crippen LogP contribution in [0.4, 0.5) is 0 Å². The third-order valence-corrected chi connectivity index (χ3v) is 5.27. The molecule has 0 amide bonds. The highest BCUT2D eigenvalue weighted by Crippen LogP contribution is 2.26. The Bertz CT molecular complexity index is 683. The summed E-state index contributed by atoms with van der Waals surface area (Å²) in [6, 6.07) is 14.7. The van der Waals surface area contributed by atoms with Crippen LogP contribution in [-0.2, 0) is 13.1 Å². The molecule has 0 spiro atoms. The minimum absolute atomic E-state index is 0.882. The fourth-order valence-electron chi connectivity index (χ4n) is 3.16. The first-order chi connectivity index (χ1) is 12.2. The summed E-state index contributed by atoms with van der Waals surface area (Å²) in [6.45, 7) is 6.39. The topological polar surface area (TPSA) is 24.9 Å². The zero-order valence-corrected chi connectivity index (χ0v) is 16.5. The Balaban J connectivity index is 1.48. The van der Waals surface area contributed by atoms with Crippen molar-refractivity contribution in [2.75, 3.05) is 40.4 Å². The Morgan fingerprint density at radius 2 is 1.36 bits per heavy atom. The number of hydrogen-bond acceptors (Lipinski definition) is 4. The lowest BCUT2D eigenvalue weighted by Gasteiger charge is -2.34. The van der Waals surface area contributed by atoms with E-state index in [-0.39, 0.29) is 0 Å². The van der Waals surface area contributed by atoms with Crippen molar-refractivity contribution in [1.29, 1.82) is 0 Å². The maximum absolute atomic E-state index is 5.30. The van der Waals surface area contributed by atoms with Crippen LogP contribution >= 0.6 is 15.9 Å². The van der Waals surface area contributed by atoms with Gasteiger partial charge < -0.3 is 9.47 Å². The normalized spacial score (nSPS) is 16.0. The number of benzene rings is 2. The molecule has 2 aromatic carbocycles. The van der Waals surface area contributed by atoms with E-state index in [9.17, 15) is 0 Å². The number of nitrogens with zero attached hydrogens (tertiary/aromatic N) is 2. The first kappa shape index (κ1) is 18.2. The van der Waals surface area contributed by atoms with Crippen LogP contribution in [0.1, 0.15) is 11.1 Å². The van der Waals surface area contributed by atoms with Gasteiger partial charge in [0.05, 0.1) is 18.7 Å². The Labute approximate surface area is 158 Å². The van der Waals surface area contributed by atoms with Crippen LogP contribution < -0.4 is 9.47 Å². The van der Waals surface area contributed by atoms with Gasteiger partial charge in [-0.25, -0.2) is 0 Å². The van der Waals surface area contributed by atoms with Crippen LogP contribution in [0.2, 0.25) is 0 Å². The average Bonchev–Trinajstić information content (AvgIpc) is 2.64. The quantitative estimate of drug-likeness (QED) is 0.730. The van der Waals surface area contributed by atoms with Gasteiger partial charge in [-0.15, -0.1) is 0 Å². The highest BCUT2D eigenvalue weighted by Gasteiger charge is 2.17. The molecule has 4 nitrogen and oxygen atoms in total. The second-order valence-electron chi connectivity index (χ2n) is 6.37. The van der Waals surface area contributed by atoms with Gasteiger partial charge in [0, 0.05) is 39.3 Å². The predicted molar refractivity (Wildman–Crippen MR) is 104 cm³/mol. The molecule has 2 aromatic rings. The van der Waals surface area contributed by atoms with Crippen molar-refractivity contribution >= 4 is 15.9 Å². The second-order valence-corrected chi connectivity index (χ2v) is 7.22. The Morgan fingerprint density at radius 1 is 0.800 bits per heavy atom. The molecule has 0 aromatic heterocycles. The van der Waals surface area contributed by atoms with E-state index in [4.69, 9.17) is 9.47 Å². The summed E-state index contributed by atoms with van der Waals surface area (Å²) in [4.78, 5) is 5.03. The largest absolute Gasteiger partial charge is 0.497 e. The number of rotatable bonds is 6. The molecule has 1 saturated heterocycles. The maximum Gasteiger partial charge on any atom is 0.133 e. The van der Waals surface area contributed by atoms with E-state index in [1.54, 1.807) is 14.2 Å². The van der Waals surface area contributed by atoms with Gasteiger partial charge in [-0.05, 0) is 51.3 Å². The molecular formula is C20H25BrN2O2. The fraction of sp³-hybridized carbons (Fsp3) is 0.400. The zero-order chi connectivity index (χ0) is 17.6. The van der Waals surface area contributed by atoms with Crippen molar-refractivity contribution < 1.29 is 9.47 Å². The molecule has 0 saturated carbocycles. The van der Waals surface area contributed by atoms with Crippen LogP contribution in [-0.4, -0.2) is 50.2 Å². The standard InChI is InChI=1S/C20H25BrN2O2/c1-24-18-6-3-16(4-7-18)14-22-9-11-23(12-10-22)15-17-5-8-20(25-2)19(21)13-17/h3-8,13H,9-12,14-15H2,1-2H3. The first-order valence-corrected chi connectivity index (χ1v) is 9.37. The molecule has 0 unspecified atom stereocenters. The van der Waals surface area contributed by atoms with E-state index in [1.165, 1.54) is 11.1 Å². The van der Waals surface area contributed by atoms with Crippen LogP contribution in [0.25, 0.3) is 0 Å². The molecule has 0 aliphatic carbocycles. The van der Waals surface area contributed by atoms with Crippen molar-refractivity contribution in [3.63, 3.8) is 0 Å². The predicted octanol–water partition coefficient (Wildman–Crippen LogP) is 3.78. The lowest BCUT2D eigenvalue weighted by molar-refractivity contribution is 0.122. The highest BCUT2D eigenvalue weighted by atomic mass is 79.9. The van der Waals surface area contributed by atoms with Gasteiger partial charge in [0.15, 0.2) is 0 Å². The van der Waals surface area contributed by atoms with E-state index >= 15 is 0 Å². The van der Waals surface area contributed by atoms with Gasteiger partial charge in [-0.1, -0.05) is 18.2 Å². The third-order valence-electron chi connectivity index (χ3n) is 4.65. The van der Waals surface area contributed by atoms with Gasteiger partial charge in [-0.2, -0.15) is 0 Å². The lowest BCUT2D eigenvalue weighted by Crippen LogP contribution is -2.45. The highest BCUT2D eigenvalue weighted by molar-refractivity contribution is 9.10. The summed E-state index contributed by atoms with van der Waals surface area (Å²) >= 11 is 3.57. The molecule has 3 rings (SSSR count). The van der Waals surface area contributed by atoms with Crippen LogP contribution in [0.15, 0.2) is 46.9 Å². The van der Waals surface area contributed by atoms with E-state index in [0.717, 1.165) is 55.2 Å². The summed E-state index contributed by atoms with van der Waals surface area (Å²) in [5.74, 6) is 1.80. The number of halogens is 1. The molecule has 1 heterocycles. The van der Waals surface area contributed by atoms with Gasteiger partial charge in [0.25, 0.3) is 0 Å². The summed E-state index contributed by atoms with van der Waals surface area (Å²) in [7, 11) is 3.40. The van der Waals surface area contributed by atoms with Crippen LogP contribution in [0.5, 0.6) is 11.5 Å². The van der Waals surface area contributed by atoms with Crippen molar-refractivity contribution in [1.82, 2.24) is 9.80 Å². The SMILES string of the molecule is COc1ccc(CN2CCN(Cc3ccc(OC)c(Br)c3)CC2)cc1. The molecule has 0 bridgehead atoms. The van der Waals surface area contributed by atoms with Crippen LogP contribution in [0, 0.1) is 0 Å². The summed E-state index contributed by atoms with van der Waals surface area (Å²) < 4.78 is 11.5. The smallest absolute Gasteiger partial charge is 0.133 e. The molecule has 134 valence electrons. The number of hydrogen-bond donors (Lipinski definition) is 0. The lowest BCUT2D eigenvalue weighted by atomic mass is 10.1. The van der Waals surface area contributed by atoms with E-state index in [0.29, 0.717) is 0 Å². The minimum atomic E-state index is 0.882. The van der Waals surface area contributed by atoms with Gasteiger partial charge in [0.2, 0.25) is 0 Å². The summed E-state index contributed by atoms with van der Waals surface area (Å²) in [5.41, 5.74) is 2.66. The number of piperazine rings is 1. The van der Waals surface area contributed by atoms with Gasteiger partial charge >= 0.3 is 0 Å². The van der Waals surface area contributed by atoms with E-state index < -0.39 is 0 Å². The molecule has 1 fully saturated rings. The number of ether oxygens (including phenoxy) is 2. The molecular weight excluding hydrogens is 380 g/mol. The minimum Gasteiger partial charge on any atom is -0.497 e. The fourth-order valence-corrected chi connectivity index (χ4v) is 3.75. The Morgan fingerprint density at radius 3 is 1.88 bits per heavy atom. The molecule has 0 N–H and O–H groups in total. The van der Waals surface area contributed by atoms with E-state index in [1.807, 2.05) is 18.2 Å². The zero-order valence-electron chi connectivity index (χ0n) is 14.9. The Kier molecular flexibility index (Phi) is 6.34. The molecule has 0 radical (unpaired) electrons. The summed E-state index contributed by atoms with van der Waals surface area (Å²) in [5, 5.41) is 0. The van der Waals surface area contributed by atoms with E-state index in [2.05, 4.69) is 50.0 Å². The van der Waals surface area contributed by atoms with Crippen molar-refractivity contribution in [2.45, 2.75) is 13.1 Å². The monoisotopic (exact) mass is 404 g/mol. The second kappa shape index (κ2) is 8.70. The van der Waals surface area contributed by atoms with Gasteiger partial charge in [0.1, 0.15) is 11.5 Å².